The van der Waals surface area contributed by atoms with Gasteiger partial charge in [0.05, 0.1) is 30.9 Å². The monoisotopic (exact) mass is 451 g/mol. The molecule has 8 heteroatoms. The third kappa shape index (κ3) is 4.26. The molecule has 2 atom stereocenters. The van der Waals surface area contributed by atoms with E-state index in [1.54, 1.807) is 14.2 Å². The molecule has 1 fully saturated rings. The van der Waals surface area contributed by atoms with Crippen molar-refractivity contribution < 1.29 is 18.8 Å². The van der Waals surface area contributed by atoms with Gasteiger partial charge in [-0.05, 0) is 50.7 Å². The molecule has 0 saturated carbocycles. The predicted molar refractivity (Wildman–Crippen MR) is 132 cm³/mol. The molecule has 33 heavy (non-hydrogen) atoms. The van der Waals surface area contributed by atoms with Gasteiger partial charge >= 0.3 is 7.12 Å². The number of benzene rings is 1. The fraction of sp³-hybridized carbons (Fsp3) is 0.560. The van der Waals surface area contributed by atoms with Gasteiger partial charge in [0, 0.05) is 18.0 Å². The average Bonchev–Trinajstić information content (AvgIpc) is 3.00. The standard InChI is InChI=1S/C25H34BN3O4/c1-15(2)20-23(31-8)28-19(22(29-20)30-7)14-16-11-12-18(17-10-9-13-27-21(16)17)26-32-24(3,4)25(5,6)33-26/h9-13,15,19-20H,14H2,1-8H3/t19-,20+/m0/s1. The fourth-order valence-corrected chi connectivity index (χ4v) is 4.29. The molecule has 0 spiro atoms. The number of hydrogen-bond acceptors (Lipinski definition) is 7. The Morgan fingerprint density at radius 1 is 0.970 bits per heavy atom. The Balaban J connectivity index is 1.70. The number of methoxy groups -OCH3 is 2. The second kappa shape index (κ2) is 8.72. The zero-order valence-corrected chi connectivity index (χ0v) is 20.9. The molecule has 1 aromatic carbocycles. The summed E-state index contributed by atoms with van der Waals surface area (Å²) in [5.74, 6) is 1.52. The fourth-order valence-electron chi connectivity index (χ4n) is 4.29. The van der Waals surface area contributed by atoms with Crippen LogP contribution in [0.3, 0.4) is 0 Å². The maximum absolute atomic E-state index is 6.32. The number of pyridine rings is 1. The largest absolute Gasteiger partial charge is 0.495 e. The summed E-state index contributed by atoms with van der Waals surface area (Å²) in [6, 6.07) is 7.76. The highest BCUT2D eigenvalue weighted by molar-refractivity contribution is 6.65. The van der Waals surface area contributed by atoms with E-state index in [0.29, 0.717) is 18.2 Å². The van der Waals surface area contributed by atoms with Crippen LogP contribution < -0.4 is 5.46 Å². The number of aliphatic imine (C=N–C) groups is 2. The first-order chi connectivity index (χ1) is 15.6. The van der Waals surface area contributed by atoms with E-state index >= 15 is 0 Å². The summed E-state index contributed by atoms with van der Waals surface area (Å²) >= 11 is 0. The third-order valence-corrected chi connectivity index (χ3v) is 6.94. The van der Waals surface area contributed by atoms with E-state index in [2.05, 4.69) is 59.7 Å². The van der Waals surface area contributed by atoms with E-state index in [4.69, 9.17) is 33.8 Å². The highest BCUT2D eigenvalue weighted by Crippen LogP contribution is 2.37. The quantitative estimate of drug-likeness (QED) is 0.665. The SMILES string of the molecule is COC1=N[C@H](C(C)C)C(OC)=N[C@H]1Cc1ccc(B2OC(C)(C)C(C)(C)O2)c2cccnc12. The average molecular weight is 451 g/mol. The van der Waals surface area contributed by atoms with Gasteiger partial charge in [-0.2, -0.15) is 0 Å². The van der Waals surface area contributed by atoms with Crippen LogP contribution in [0.5, 0.6) is 0 Å². The van der Waals surface area contributed by atoms with Crippen molar-refractivity contribution in [1.29, 1.82) is 0 Å². The smallest absolute Gasteiger partial charge is 0.483 e. The zero-order chi connectivity index (χ0) is 24.0. The number of nitrogens with zero attached hydrogens (tertiary/aromatic N) is 3. The minimum absolute atomic E-state index is 0.137. The van der Waals surface area contributed by atoms with Crippen molar-refractivity contribution in [1.82, 2.24) is 4.98 Å². The molecule has 0 radical (unpaired) electrons. The number of hydrogen-bond donors (Lipinski definition) is 0. The molecule has 2 aromatic rings. The van der Waals surface area contributed by atoms with Crippen molar-refractivity contribution >= 4 is 35.3 Å². The molecule has 0 aliphatic carbocycles. The van der Waals surface area contributed by atoms with Gasteiger partial charge in [0.25, 0.3) is 0 Å². The van der Waals surface area contributed by atoms with Crippen LogP contribution in [0.2, 0.25) is 0 Å². The Hall–Kier alpha value is -2.45. The van der Waals surface area contributed by atoms with E-state index < -0.39 is 18.3 Å². The minimum atomic E-state index is -0.452. The van der Waals surface area contributed by atoms with Gasteiger partial charge in [0.1, 0.15) is 12.1 Å². The molecule has 0 amide bonds. The number of ether oxygens (including phenoxy) is 2. The summed E-state index contributed by atoms with van der Waals surface area (Å²) < 4.78 is 23.9. The first-order valence-electron chi connectivity index (χ1n) is 11.5. The van der Waals surface area contributed by atoms with Gasteiger partial charge in [-0.15, -0.1) is 0 Å². The van der Waals surface area contributed by atoms with Gasteiger partial charge in [0.15, 0.2) is 0 Å². The van der Waals surface area contributed by atoms with Gasteiger partial charge in [-0.1, -0.05) is 32.0 Å². The van der Waals surface area contributed by atoms with Crippen LogP contribution >= 0.6 is 0 Å². The van der Waals surface area contributed by atoms with Crippen LogP contribution in [-0.4, -0.2) is 61.4 Å². The maximum Gasteiger partial charge on any atom is 0.495 e. The lowest BCUT2D eigenvalue weighted by atomic mass is 9.76. The van der Waals surface area contributed by atoms with Crippen molar-refractivity contribution in [2.45, 2.75) is 71.2 Å². The van der Waals surface area contributed by atoms with Crippen molar-refractivity contribution in [3.63, 3.8) is 0 Å². The highest BCUT2D eigenvalue weighted by Gasteiger charge is 2.52. The van der Waals surface area contributed by atoms with E-state index in [9.17, 15) is 0 Å². The van der Waals surface area contributed by atoms with Crippen molar-refractivity contribution in [3.8, 4) is 0 Å². The molecule has 3 heterocycles. The Kier molecular flexibility index (Phi) is 6.27. The molecule has 2 aliphatic rings. The van der Waals surface area contributed by atoms with E-state index in [1.807, 2.05) is 12.3 Å². The molecule has 4 rings (SSSR count). The highest BCUT2D eigenvalue weighted by atomic mass is 16.7. The van der Waals surface area contributed by atoms with Crippen molar-refractivity contribution in [3.05, 3.63) is 36.0 Å². The van der Waals surface area contributed by atoms with Gasteiger partial charge < -0.3 is 18.8 Å². The molecule has 0 bridgehead atoms. The normalized spacial score (nSPS) is 24.1. The lowest BCUT2D eigenvalue weighted by molar-refractivity contribution is 0.00578. The number of fused-ring (bicyclic) bond motifs is 1. The van der Waals surface area contributed by atoms with Crippen molar-refractivity contribution in [2.24, 2.45) is 15.9 Å². The first-order valence-corrected chi connectivity index (χ1v) is 11.5. The first kappa shape index (κ1) is 23.7. The Labute approximate surface area is 196 Å². The minimum Gasteiger partial charge on any atom is -0.483 e. The number of rotatable bonds is 4. The van der Waals surface area contributed by atoms with E-state index in [1.165, 1.54) is 0 Å². The van der Waals surface area contributed by atoms with Crippen LogP contribution in [0, 0.1) is 5.92 Å². The molecular weight excluding hydrogens is 417 g/mol. The summed E-state index contributed by atoms with van der Waals surface area (Å²) in [6.07, 6.45) is 2.41. The van der Waals surface area contributed by atoms with Gasteiger partial charge in [-0.3, -0.25) is 4.98 Å². The van der Waals surface area contributed by atoms with Crippen LogP contribution in [0.1, 0.15) is 47.1 Å². The zero-order valence-electron chi connectivity index (χ0n) is 20.9. The lowest BCUT2D eigenvalue weighted by Crippen LogP contribution is -2.41. The molecular formula is C25H34BN3O4. The molecule has 1 saturated heterocycles. The van der Waals surface area contributed by atoms with E-state index in [-0.39, 0.29) is 18.0 Å². The molecule has 2 aliphatic heterocycles. The third-order valence-electron chi connectivity index (χ3n) is 6.94. The van der Waals surface area contributed by atoms with Crippen LogP contribution in [0.15, 0.2) is 40.4 Å². The summed E-state index contributed by atoms with van der Waals surface area (Å²) in [5.41, 5.74) is 2.12. The summed E-state index contributed by atoms with van der Waals surface area (Å²) in [5, 5.41) is 1.01. The summed E-state index contributed by atoms with van der Waals surface area (Å²) in [6.45, 7) is 12.4. The molecule has 176 valence electrons. The number of aromatic nitrogens is 1. The van der Waals surface area contributed by atoms with Gasteiger partial charge in [-0.25, -0.2) is 9.98 Å². The predicted octanol–water partition coefficient (Wildman–Crippen LogP) is 3.57. The van der Waals surface area contributed by atoms with Crippen LogP contribution in [0.25, 0.3) is 10.9 Å². The second-order valence-electron chi connectivity index (χ2n) is 10.1. The van der Waals surface area contributed by atoms with Crippen LogP contribution in [0.4, 0.5) is 0 Å². The Bertz CT molecular complexity index is 1080. The van der Waals surface area contributed by atoms with Crippen molar-refractivity contribution in [2.75, 3.05) is 14.2 Å². The molecule has 0 N–H and O–H groups in total. The topological polar surface area (TPSA) is 74.5 Å². The van der Waals surface area contributed by atoms with Crippen LogP contribution in [-0.2, 0) is 25.2 Å². The maximum atomic E-state index is 6.32. The lowest BCUT2D eigenvalue weighted by Gasteiger charge is -2.32. The Morgan fingerprint density at radius 3 is 2.24 bits per heavy atom. The molecule has 1 aromatic heterocycles. The summed E-state index contributed by atoms with van der Waals surface area (Å²) in [7, 11) is 2.84. The summed E-state index contributed by atoms with van der Waals surface area (Å²) in [4.78, 5) is 14.4. The Morgan fingerprint density at radius 2 is 1.64 bits per heavy atom. The second-order valence-corrected chi connectivity index (χ2v) is 10.1. The van der Waals surface area contributed by atoms with Gasteiger partial charge in [0.2, 0.25) is 11.8 Å². The van der Waals surface area contributed by atoms with E-state index in [0.717, 1.165) is 21.9 Å². The molecule has 7 nitrogen and oxygen atoms in total. The molecule has 0 unspecified atom stereocenters.